The van der Waals surface area contributed by atoms with Crippen LogP contribution in [0.25, 0.3) is 0 Å². The van der Waals surface area contributed by atoms with Gasteiger partial charge in [-0.2, -0.15) is 4.98 Å². The summed E-state index contributed by atoms with van der Waals surface area (Å²) in [7, 11) is 0. The lowest BCUT2D eigenvalue weighted by atomic mass is 10.1. The normalized spacial score (nSPS) is 15.6. The number of benzene rings is 1. The summed E-state index contributed by atoms with van der Waals surface area (Å²) in [6.45, 7) is 3.88. The molecular weight excluding hydrogens is 342 g/mol. The Morgan fingerprint density at radius 2 is 1.96 bits per heavy atom. The van der Waals surface area contributed by atoms with Crippen molar-refractivity contribution < 1.29 is 4.79 Å². The minimum Gasteiger partial charge on any atom is -0.340 e. The fourth-order valence-electron chi connectivity index (χ4n) is 3.30. The van der Waals surface area contributed by atoms with Gasteiger partial charge >= 0.3 is 5.69 Å². The number of piperidine rings is 1. The molecule has 1 aliphatic heterocycles. The van der Waals surface area contributed by atoms with Crippen molar-refractivity contribution >= 4 is 17.8 Å². The van der Waals surface area contributed by atoms with Crippen LogP contribution in [0.1, 0.15) is 36.0 Å². The van der Waals surface area contributed by atoms with Gasteiger partial charge in [-0.05, 0) is 63.5 Å². The molecule has 1 fully saturated rings. The zero-order chi connectivity index (χ0) is 19.1. The van der Waals surface area contributed by atoms with Crippen LogP contribution in [0.5, 0.6) is 0 Å². The second-order valence-corrected chi connectivity index (χ2v) is 7.04. The van der Waals surface area contributed by atoms with Crippen LogP contribution >= 0.6 is 0 Å². The Labute approximate surface area is 159 Å². The van der Waals surface area contributed by atoms with E-state index in [9.17, 15) is 9.59 Å². The lowest BCUT2D eigenvalue weighted by Gasteiger charge is -2.29. The molecule has 0 bridgehead atoms. The number of aromatic nitrogens is 2. The number of rotatable bonds is 8. The number of unbranched alkanes of at least 4 members (excludes halogenated alkanes) is 1. The summed E-state index contributed by atoms with van der Waals surface area (Å²) in [4.78, 5) is 29.6. The number of carbonyl (C=O) groups is 1. The van der Waals surface area contributed by atoms with Crippen LogP contribution in [0, 0.1) is 0 Å². The average molecular weight is 369 g/mol. The Morgan fingerprint density at radius 3 is 2.70 bits per heavy atom. The molecule has 3 rings (SSSR count). The van der Waals surface area contributed by atoms with Crippen LogP contribution in [0.3, 0.4) is 0 Å². The van der Waals surface area contributed by atoms with Crippen LogP contribution in [-0.2, 0) is 6.54 Å². The summed E-state index contributed by atoms with van der Waals surface area (Å²) in [5, 5.41) is 3.06. The SMILES string of the molecule is NC1CCN(CCCCn2ccc(Nc3cccc(C=O)c3)nc2=O)CC1. The Kier molecular flexibility index (Phi) is 6.73. The van der Waals surface area contributed by atoms with Crippen molar-refractivity contribution in [2.24, 2.45) is 5.73 Å². The van der Waals surface area contributed by atoms with Crippen LogP contribution in [0.2, 0.25) is 0 Å². The number of nitrogens with two attached hydrogens (primary N) is 1. The van der Waals surface area contributed by atoms with Gasteiger partial charge in [-0.3, -0.25) is 9.36 Å². The molecule has 0 atom stereocenters. The van der Waals surface area contributed by atoms with Gasteiger partial charge in [0.2, 0.25) is 0 Å². The molecule has 27 heavy (non-hydrogen) atoms. The standard InChI is InChI=1S/C20H27N5O2/c21-17-6-11-24(12-7-17)9-1-2-10-25-13-8-19(23-20(25)27)22-18-5-3-4-16(14-18)15-26/h3-5,8,13-15,17H,1-2,6-7,9-12,21H2,(H,22,23,27). The Balaban J connectivity index is 1.48. The maximum Gasteiger partial charge on any atom is 0.349 e. The Bertz CT molecular complexity index is 812. The van der Waals surface area contributed by atoms with Gasteiger partial charge in [0.15, 0.2) is 0 Å². The largest absolute Gasteiger partial charge is 0.349 e. The summed E-state index contributed by atoms with van der Waals surface area (Å²) in [5.74, 6) is 0.476. The molecule has 0 radical (unpaired) electrons. The van der Waals surface area contributed by atoms with Gasteiger partial charge in [0.1, 0.15) is 12.1 Å². The number of hydrogen-bond donors (Lipinski definition) is 2. The lowest BCUT2D eigenvalue weighted by Crippen LogP contribution is -2.40. The third kappa shape index (κ3) is 5.74. The third-order valence-electron chi connectivity index (χ3n) is 4.92. The molecule has 1 aliphatic rings. The first-order chi connectivity index (χ1) is 13.1. The summed E-state index contributed by atoms with van der Waals surface area (Å²) in [6.07, 6.45) is 6.70. The number of nitrogens with one attached hydrogen (secondary N) is 1. The highest BCUT2D eigenvalue weighted by Crippen LogP contribution is 2.14. The van der Waals surface area contributed by atoms with Crippen LogP contribution in [-0.4, -0.2) is 46.4 Å². The van der Waals surface area contributed by atoms with Crippen LogP contribution < -0.4 is 16.7 Å². The Hall–Kier alpha value is -2.51. The number of aryl methyl sites for hydroxylation is 1. The monoisotopic (exact) mass is 369 g/mol. The van der Waals surface area contributed by atoms with Gasteiger partial charge in [-0.15, -0.1) is 0 Å². The molecule has 7 nitrogen and oxygen atoms in total. The molecule has 1 aromatic carbocycles. The van der Waals surface area contributed by atoms with Crippen molar-refractivity contribution in [1.82, 2.24) is 14.5 Å². The van der Waals surface area contributed by atoms with E-state index in [0.29, 0.717) is 24.0 Å². The van der Waals surface area contributed by atoms with Gasteiger partial charge in [-0.1, -0.05) is 12.1 Å². The number of carbonyl (C=O) groups excluding carboxylic acids is 1. The molecule has 3 N–H and O–H groups in total. The van der Waals surface area contributed by atoms with E-state index in [1.165, 1.54) is 0 Å². The summed E-state index contributed by atoms with van der Waals surface area (Å²) >= 11 is 0. The van der Waals surface area contributed by atoms with E-state index < -0.39 is 0 Å². The molecule has 1 saturated heterocycles. The molecule has 0 aliphatic carbocycles. The van der Waals surface area contributed by atoms with Crippen molar-refractivity contribution in [3.05, 3.63) is 52.6 Å². The second-order valence-electron chi connectivity index (χ2n) is 7.04. The van der Waals surface area contributed by atoms with Gasteiger partial charge in [-0.25, -0.2) is 4.79 Å². The summed E-state index contributed by atoms with van der Waals surface area (Å²) < 4.78 is 1.64. The smallest absolute Gasteiger partial charge is 0.340 e. The summed E-state index contributed by atoms with van der Waals surface area (Å²) in [6, 6.07) is 9.19. The van der Waals surface area contributed by atoms with Crippen molar-refractivity contribution in [3.8, 4) is 0 Å². The lowest BCUT2D eigenvalue weighted by molar-refractivity contribution is 0.112. The Morgan fingerprint density at radius 1 is 1.19 bits per heavy atom. The van der Waals surface area contributed by atoms with E-state index in [1.807, 2.05) is 6.07 Å². The maximum absolute atomic E-state index is 12.2. The number of nitrogens with zero attached hydrogens (tertiary/aromatic N) is 3. The first-order valence-corrected chi connectivity index (χ1v) is 9.52. The molecule has 2 heterocycles. The average Bonchev–Trinajstić information content (AvgIpc) is 2.68. The van der Waals surface area contributed by atoms with Gasteiger partial charge in [0.05, 0.1) is 0 Å². The first-order valence-electron chi connectivity index (χ1n) is 9.52. The van der Waals surface area contributed by atoms with E-state index in [-0.39, 0.29) is 5.69 Å². The molecule has 2 aromatic rings. The van der Waals surface area contributed by atoms with Gasteiger partial charge in [0.25, 0.3) is 0 Å². The first kappa shape index (κ1) is 19.3. The van der Waals surface area contributed by atoms with Crippen molar-refractivity contribution in [1.29, 1.82) is 0 Å². The second kappa shape index (κ2) is 9.43. The fourth-order valence-corrected chi connectivity index (χ4v) is 3.30. The number of anilines is 2. The minimum absolute atomic E-state index is 0.268. The predicted octanol–water partition coefficient (Wildman–Crippen LogP) is 2.00. The molecule has 7 heteroatoms. The van der Waals surface area contributed by atoms with Gasteiger partial charge < -0.3 is 16.0 Å². The van der Waals surface area contributed by atoms with E-state index in [2.05, 4.69) is 15.2 Å². The van der Waals surface area contributed by atoms with E-state index in [0.717, 1.165) is 57.3 Å². The van der Waals surface area contributed by atoms with Crippen LogP contribution in [0.15, 0.2) is 41.3 Å². The molecule has 0 spiro atoms. The number of likely N-dealkylation sites (tertiary alicyclic amines) is 1. The van der Waals surface area contributed by atoms with Crippen molar-refractivity contribution in [3.63, 3.8) is 0 Å². The number of aldehydes is 1. The topological polar surface area (TPSA) is 93.2 Å². The molecule has 0 amide bonds. The zero-order valence-electron chi connectivity index (χ0n) is 15.5. The van der Waals surface area contributed by atoms with E-state index >= 15 is 0 Å². The molecule has 0 saturated carbocycles. The molecular formula is C20H27N5O2. The third-order valence-corrected chi connectivity index (χ3v) is 4.92. The van der Waals surface area contributed by atoms with Crippen molar-refractivity contribution in [2.75, 3.05) is 25.0 Å². The van der Waals surface area contributed by atoms with Gasteiger partial charge in [0, 0.05) is 30.0 Å². The zero-order valence-corrected chi connectivity index (χ0v) is 15.5. The van der Waals surface area contributed by atoms with E-state index in [4.69, 9.17) is 5.73 Å². The molecule has 1 aromatic heterocycles. The minimum atomic E-state index is -0.268. The highest BCUT2D eigenvalue weighted by atomic mass is 16.1. The quantitative estimate of drug-likeness (QED) is 0.546. The van der Waals surface area contributed by atoms with Crippen LogP contribution in [0.4, 0.5) is 11.5 Å². The molecule has 0 unspecified atom stereocenters. The maximum atomic E-state index is 12.2. The fraction of sp³-hybridized carbons (Fsp3) is 0.450. The van der Waals surface area contributed by atoms with Crippen molar-refractivity contribution in [2.45, 2.75) is 38.3 Å². The number of hydrogen-bond acceptors (Lipinski definition) is 6. The predicted molar refractivity (Wildman–Crippen MR) is 106 cm³/mol. The summed E-state index contributed by atoms with van der Waals surface area (Å²) in [5.41, 5.74) is 6.96. The molecule has 144 valence electrons. The highest BCUT2D eigenvalue weighted by Gasteiger charge is 2.15. The van der Waals surface area contributed by atoms with E-state index in [1.54, 1.807) is 35.0 Å². The highest BCUT2D eigenvalue weighted by molar-refractivity contribution is 5.77.